The van der Waals surface area contributed by atoms with Gasteiger partial charge in [-0.05, 0) is 54.8 Å². The molecule has 3 aromatic rings. The van der Waals surface area contributed by atoms with Crippen molar-refractivity contribution in [2.24, 2.45) is 5.92 Å². The fourth-order valence-electron chi connectivity index (χ4n) is 3.43. The number of rotatable bonds is 4. The molecule has 7 heteroatoms. The Morgan fingerprint density at radius 1 is 1.03 bits per heavy atom. The average Bonchev–Trinajstić information content (AvgIpc) is 2.76. The van der Waals surface area contributed by atoms with Crippen molar-refractivity contribution in [3.8, 4) is 11.1 Å². The third-order valence-electron chi connectivity index (χ3n) is 5.00. The van der Waals surface area contributed by atoms with E-state index in [0.717, 1.165) is 36.2 Å². The van der Waals surface area contributed by atoms with Crippen molar-refractivity contribution < 1.29 is 9.18 Å². The van der Waals surface area contributed by atoms with E-state index in [4.69, 9.17) is 11.6 Å². The number of nitrogens with zero attached hydrogens (tertiary/aromatic N) is 3. The number of carbonyl (C=O) groups is 1. The maximum absolute atomic E-state index is 13.1. The first-order valence-corrected chi connectivity index (χ1v) is 9.85. The maximum atomic E-state index is 13.1. The van der Waals surface area contributed by atoms with E-state index in [1.54, 1.807) is 48.8 Å². The highest BCUT2D eigenvalue weighted by atomic mass is 35.5. The van der Waals surface area contributed by atoms with Gasteiger partial charge in [0.1, 0.15) is 5.82 Å². The monoisotopic (exact) mass is 410 g/mol. The predicted octanol–water partition coefficient (Wildman–Crippen LogP) is 4.79. The van der Waals surface area contributed by atoms with Crippen molar-refractivity contribution in [1.82, 2.24) is 9.97 Å². The molecule has 0 spiro atoms. The molecule has 1 saturated heterocycles. The Hall–Kier alpha value is -2.99. The first-order valence-electron chi connectivity index (χ1n) is 9.48. The first kappa shape index (κ1) is 19.3. The fourth-order valence-corrected chi connectivity index (χ4v) is 3.55. The van der Waals surface area contributed by atoms with Crippen LogP contribution in [0.4, 0.5) is 16.0 Å². The van der Waals surface area contributed by atoms with Crippen LogP contribution in [0.3, 0.4) is 0 Å². The summed E-state index contributed by atoms with van der Waals surface area (Å²) in [5.74, 6) is 0.169. The standard InChI is InChI=1S/C22H20ClFN4O/c23-18-5-9-20(10-6-18)27-21(29)16-2-1-11-28(14-16)22-25-12-17(13-26-22)15-3-7-19(24)8-4-15/h3-10,12-13,16H,1-2,11,14H2,(H,27,29)/t16-/m0/s1. The topological polar surface area (TPSA) is 58.1 Å². The molecule has 29 heavy (non-hydrogen) atoms. The minimum absolute atomic E-state index is 0.0139. The number of halogens is 2. The van der Waals surface area contributed by atoms with Gasteiger partial charge in [-0.1, -0.05) is 23.7 Å². The number of hydrogen-bond donors (Lipinski definition) is 1. The highest BCUT2D eigenvalue weighted by Crippen LogP contribution is 2.24. The highest BCUT2D eigenvalue weighted by molar-refractivity contribution is 6.30. The summed E-state index contributed by atoms with van der Waals surface area (Å²) in [4.78, 5) is 23.6. The molecule has 0 unspecified atom stereocenters. The van der Waals surface area contributed by atoms with Crippen molar-refractivity contribution in [2.75, 3.05) is 23.3 Å². The van der Waals surface area contributed by atoms with Crippen molar-refractivity contribution in [1.29, 1.82) is 0 Å². The van der Waals surface area contributed by atoms with Crippen LogP contribution in [-0.4, -0.2) is 29.0 Å². The SMILES string of the molecule is O=C(Nc1ccc(Cl)cc1)[C@H]1CCCN(c2ncc(-c3ccc(F)cc3)cn2)C1. The first-order chi connectivity index (χ1) is 14.1. The zero-order chi connectivity index (χ0) is 20.2. The van der Waals surface area contributed by atoms with Crippen LogP contribution < -0.4 is 10.2 Å². The Bertz CT molecular complexity index is 977. The Balaban J connectivity index is 1.41. The summed E-state index contributed by atoms with van der Waals surface area (Å²) in [6, 6.07) is 13.3. The number of hydrogen-bond acceptors (Lipinski definition) is 4. The Morgan fingerprint density at radius 2 is 1.72 bits per heavy atom. The number of amides is 1. The van der Waals surface area contributed by atoms with E-state index in [1.807, 2.05) is 4.90 Å². The van der Waals surface area contributed by atoms with E-state index in [9.17, 15) is 9.18 Å². The third kappa shape index (κ3) is 4.71. The molecule has 0 saturated carbocycles. The van der Waals surface area contributed by atoms with Crippen LogP contribution >= 0.6 is 11.6 Å². The lowest BCUT2D eigenvalue weighted by molar-refractivity contribution is -0.120. The van der Waals surface area contributed by atoms with E-state index in [2.05, 4.69) is 15.3 Å². The van der Waals surface area contributed by atoms with Crippen LogP contribution in [0.1, 0.15) is 12.8 Å². The molecule has 2 heterocycles. The number of aromatic nitrogens is 2. The molecule has 1 aromatic heterocycles. The van der Waals surface area contributed by atoms with E-state index < -0.39 is 0 Å². The quantitative estimate of drug-likeness (QED) is 0.671. The highest BCUT2D eigenvalue weighted by Gasteiger charge is 2.27. The molecule has 2 aromatic carbocycles. The van der Waals surface area contributed by atoms with Crippen molar-refractivity contribution in [2.45, 2.75) is 12.8 Å². The Labute approximate surface area is 173 Å². The molecule has 1 amide bonds. The molecule has 4 rings (SSSR count). The maximum Gasteiger partial charge on any atom is 0.229 e. The summed E-state index contributed by atoms with van der Waals surface area (Å²) in [5.41, 5.74) is 2.41. The molecule has 1 aliphatic rings. The van der Waals surface area contributed by atoms with Gasteiger partial charge in [0.05, 0.1) is 5.92 Å². The zero-order valence-corrected chi connectivity index (χ0v) is 16.4. The van der Waals surface area contributed by atoms with Gasteiger partial charge in [-0.2, -0.15) is 0 Å². The second kappa shape index (κ2) is 8.57. The van der Waals surface area contributed by atoms with Gasteiger partial charge >= 0.3 is 0 Å². The Morgan fingerprint density at radius 3 is 2.41 bits per heavy atom. The van der Waals surface area contributed by atoms with Crippen LogP contribution in [-0.2, 0) is 4.79 Å². The summed E-state index contributed by atoms with van der Waals surface area (Å²) in [7, 11) is 0. The molecule has 5 nitrogen and oxygen atoms in total. The number of anilines is 2. The van der Waals surface area contributed by atoms with Crippen molar-refractivity contribution in [3.63, 3.8) is 0 Å². The minimum Gasteiger partial charge on any atom is -0.340 e. The van der Waals surface area contributed by atoms with Gasteiger partial charge in [-0.15, -0.1) is 0 Å². The summed E-state index contributed by atoms with van der Waals surface area (Å²) in [6.45, 7) is 1.37. The normalized spacial score (nSPS) is 16.5. The number of carbonyl (C=O) groups excluding carboxylic acids is 1. The van der Waals surface area contributed by atoms with Gasteiger partial charge < -0.3 is 10.2 Å². The largest absolute Gasteiger partial charge is 0.340 e. The molecule has 1 atom stereocenters. The number of benzene rings is 2. The van der Waals surface area contributed by atoms with Crippen LogP contribution in [0.2, 0.25) is 5.02 Å². The molecule has 148 valence electrons. The fraction of sp³-hybridized carbons (Fsp3) is 0.227. The lowest BCUT2D eigenvalue weighted by atomic mass is 9.97. The minimum atomic E-state index is -0.275. The summed E-state index contributed by atoms with van der Waals surface area (Å²) >= 11 is 5.89. The van der Waals surface area contributed by atoms with E-state index in [0.29, 0.717) is 17.5 Å². The molecule has 0 radical (unpaired) electrons. The second-order valence-electron chi connectivity index (χ2n) is 7.06. The third-order valence-corrected chi connectivity index (χ3v) is 5.25. The molecular formula is C22H20ClFN4O. The van der Waals surface area contributed by atoms with E-state index >= 15 is 0 Å². The summed E-state index contributed by atoms with van der Waals surface area (Å²) in [5, 5.41) is 3.58. The summed E-state index contributed by atoms with van der Waals surface area (Å²) < 4.78 is 13.1. The van der Waals surface area contributed by atoms with E-state index in [-0.39, 0.29) is 17.6 Å². The predicted molar refractivity (Wildman–Crippen MR) is 112 cm³/mol. The summed E-state index contributed by atoms with van der Waals surface area (Å²) in [6.07, 6.45) is 5.17. The van der Waals surface area contributed by atoms with E-state index in [1.165, 1.54) is 12.1 Å². The average molecular weight is 411 g/mol. The lowest BCUT2D eigenvalue weighted by Gasteiger charge is -2.32. The lowest BCUT2D eigenvalue weighted by Crippen LogP contribution is -2.41. The Kier molecular flexibility index (Phi) is 5.71. The van der Waals surface area contributed by atoms with Gasteiger partial charge in [0, 0.05) is 41.8 Å². The van der Waals surface area contributed by atoms with Crippen molar-refractivity contribution >= 4 is 29.1 Å². The number of piperidine rings is 1. The smallest absolute Gasteiger partial charge is 0.229 e. The van der Waals surface area contributed by atoms with Gasteiger partial charge in [0.25, 0.3) is 0 Å². The van der Waals surface area contributed by atoms with Gasteiger partial charge in [-0.3, -0.25) is 4.79 Å². The molecule has 1 aliphatic heterocycles. The second-order valence-corrected chi connectivity index (χ2v) is 7.50. The number of nitrogens with one attached hydrogen (secondary N) is 1. The van der Waals surface area contributed by atoms with Crippen LogP contribution in [0, 0.1) is 11.7 Å². The molecule has 1 N–H and O–H groups in total. The van der Waals surface area contributed by atoms with Gasteiger partial charge in [0.2, 0.25) is 11.9 Å². The van der Waals surface area contributed by atoms with Crippen LogP contribution in [0.25, 0.3) is 11.1 Å². The molecular weight excluding hydrogens is 391 g/mol. The molecule has 0 aliphatic carbocycles. The van der Waals surface area contributed by atoms with Crippen LogP contribution in [0.5, 0.6) is 0 Å². The van der Waals surface area contributed by atoms with Crippen molar-refractivity contribution in [3.05, 3.63) is 71.8 Å². The van der Waals surface area contributed by atoms with Gasteiger partial charge in [0.15, 0.2) is 0 Å². The van der Waals surface area contributed by atoms with Crippen LogP contribution in [0.15, 0.2) is 60.9 Å². The molecule has 0 bridgehead atoms. The van der Waals surface area contributed by atoms with Gasteiger partial charge in [-0.25, -0.2) is 14.4 Å². The molecule has 1 fully saturated rings. The zero-order valence-electron chi connectivity index (χ0n) is 15.7.